The van der Waals surface area contributed by atoms with Crippen molar-refractivity contribution in [3.63, 3.8) is 0 Å². The number of hydrogen-bond donors (Lipinski definition) is 1. The zero-order valence-electron chi connectivity index (χ0n) is 12.3. The molecule has 110 valence electrons. The molecule has 6 heteroatoms. The van der Waals surface area contributed by atoms with Gasteiger partial charge in [0.1, 0.15) is 4.21 Å². The van der Waals surface area contributed by atoms with Gasteiger partial charge in [-0.3, -0.25) is 0 Å². The molecule has 1 N–H and O–H groups in total. The molecule has 1 heterocycles. The molecule has 0 aliphatic heterocycles. The largest absolute Gasteiger partial charge is 0.313 e. The van der Waals surface area contributed by atoms with Crippen LogP contribution in [0.15, 0.2) is 15.7 Å². The monoisotopic (exact) mass is 304 g/mol. The Hall–Kier alpha value is -0.430. The molecule has 0 radical (unpaired) electrons. The standard InChI is InChI=1S/C13H24N2O2S2/c1-6-14-8-12-7-13(18-9-12)19(16,17)15(5)11(4)10(2)3/h7,9-11,14H,6,8H2,1-5H3. The molecule has 0 bridgehead atoms. The second kappa shape index (κ2) is 6.83. The lowest BCUT2D eigenvalue weighted by molar-refractivity contribution is 0.316. The molecule has 0 aliphatic carbocycles. The van der Waals surface area contributed by atoms with E-state index in [0.29, 0.717) is 16.7 Å². The summed E-state index contributed by atoms with van der Waals surface area (Å²) >= 11 is 1.29. The third-order valence-electron chi connectivity index (χ3n) is 3.38. The topological polar surface area (TPSA) is 49.4 Å². The maximum Gasteiger partial charge on any atom is 0.252 e. The van der Waals surface area contributed by atoms with Crippen LogP contribution < -0.4 is 5.32 Å². The summed E-state index contributed by atoms with van der Waals surface area (Å²) in [4.78, 5) is 0. The van der Waals surface area contributed by atoms with Crippen molar-refractivity contribution in [1.82, 2.24) is 9.62 Å². The lowest BCUT2D eigenvalue weighted by atomic mass is 10.1. The van der Waals surface area contributed by atoms with Crippen LogP contribution >= 0.6 is 11.3 Å². The molecule has 19 heavy (non-hydrogen) atoms. The molecule has 1 rings (SSSR count). The van der Waals surface area contributed by atoms with E-state index in [1.165, 1.54) is 15.6 Å². The lowest BCUT2D eigenvalue weighted by Gasteiger charge is -2.26. The Labute approximate surface area is 120 Å². The number of thiophene rings is 1. The highest BCUT2D eigenvalue weighted by Gasteiger charge is 2.28. The van der Waals surface area contributed by atoms with Gasteiger partial charge in [0, 0.05) is 19.6 Å². The lowest BCUT2D eigenvalue weighted by Crippen LogP contribution is -2.37. The molecule has 1 unspecified atom stereocenters. The number of nitrogens with zero attached hydrogens (tertiary/aromatic N) is 1. The zero-order valence-corrected chi connectivity index (χ0v) is 13.9. The predicted molar refractivity (Wildman–Crippen MR) is 80.9 cm³/mol. The maximum atomic E-state index is 12.5. The van der Waals surface area contributed by atoms with E-state index in [1.54, 1.807) is 13.1 Å². The number of hydrogen-bond acceptors (Lipinski definition) is 4. The van der Waals surface area contributed by atoms with Crippen molar-refractivity contribution >= 4 is 21.4 Å². The van der Waals surface area contributed by atoms with Crippen LogP contribution in [-0.4, -0.2) is 32.4 Å². The summed E-state index contributed by atoms with van der Waals surface area (Å²) in [6, 6.07) is 1.76. The van der Waals surface area contributed by atoms with Gasteiger partial charge in [-0.05, 0) is 36.4 Å². The van der Waals surface area contributed by atoms with E-state index >= 15 is 0 Å². The average molecular weight is 304 g/mol. The first-order chi connectivity index (χ1) is 8.80. The summed E-state index contributed by atoms with van der Waals surface area (Å²) in [5, 5.41) is 5.10. The summed E-state index contributed by atoms with van der Waals surface area (Å²) in [6.45, 7) is 9.62. The third-order valence-corrected chi connectivity index (χ3v) is 6.79. The summed E-state index contributed by atoms with van der Waals surface area (Å²) < 4.78 is 26.9. The van der Waals surface area contributed by atoms with E-state index in [2.05, 4.69) is 5.32 Å². The quantitative estimate of drug-likeness (QED) is 0.842. The second-order valence-electron chi connectivity index (χ2n) is 5.06. The highest BCUT2D eigenvalue weighted by molar-refractivity contribution is 7.91. The Morgan fingerprint density at radius 2 is 2.00 bits per heavy atom. The van der Waals surface area contributed by atoms with E-state index in [9.17, 15) is 8.42 Å². The van der Waals surface area contributed by atoms with Crippen LogP contribution in [0.1, 0.15) is 33.3 Å². The Balaban J connectivity index is 2.91. The minimum absolute atomic E-state index is 0.00989. The Kier molecular flexibility index (Phi) is 5.98. The summed E-state index contributed by atoms with van der Waals surface area (Å²) in [6.07, 6.45) is 0. The van der Waals surface area contributed by atoms with Crippen LogP contribution in [0.25, 0.3) is 0 Å². The Morgan fingerprint density at radius 1 is 1.37 bits per heavy atom. The Bertz CT molecular complexity index is 494. The molecule has 0 saturated heterocycles. The van der Waals surface area contributed by atoms with Crippen molar-refractivity contribution in [3.8, 4) is 0 Å². The SMILES string of the molecule is CCNCc1csc(S(=O)(=O)N(C)C(C)C(C)C)c1. The van der Waals surface area contributed by atoms with E-state index in [1.807, 2.05) is 33.1 Å². The van der Waals surface area contributed by atoms with Crippen LogP contribution in [0.3, 0.4) is 0 Å². The molecule has 0 aromatic carbocycles. The molecule has 0 fully saturated rings. The highest BCUT2D eigenvalue weighted by atomic mass is 32.2. The van der Waals surface area contributed by atoms with Crippen LogP contribution in [0, 0.1) is 5.92 Å². The maximum absolute atomic E-state index is 12.5. The number of rotatable bonds is 7. The summed E-state index contributed by atoms with van der Waals surface area (Å²) in [7, 11) is -1.71. The van der Waals surface area contributed by atoms with Gasteiger partial charge in [-0.1, -0.05) is 20.8 Å². The average Bonchev–Trinajstić information content (AvgIpc) is 2.83. The highest BCUT2D eigenvalue weighted by Crippen LogP contribution is 2.25. The van der Waals surface area contributed by atoms with Crippen molar-refractivity contribution < 1.29 is 8.42 Å². The zero-order chi connectivity index (χ0) is 14.6. The number of nitrogens with one attached hydrogen (secondary N) is 1. The molecule has 1 aromatic rings. The van der Waals surface area contributed by atoms with Gasteiger partial charge in [-0.15, -0.1) is 11.3 Å². The van der Waals surface area contributed by atoms with Crippen LogP contribution in [0.5, 0.6) is 0 Å². The van der Waals surface area contributed by atoms with Gasteiger partial charge < -0.3 is 5.32 Å². The molecule has 0 saturated carbocycles. The van der Waals surface area contributed by atoms with E-state index in [4.69, 9.17) is 0 Å². The van der Waals surface area contributed by atoms with Gasteiger partial charge in [0.2, 0.25) is 0 Å². The predicted octanol–water partition coefficient (Wildman–Crippen LogP) is 2.52. The van der Waals surface area contributed by atoms with Gasteiger partial charge in [0.15, 0.2) is 0 Å². The van der Waals surface area contributed by atoms with Gasteiger partial charge >= 0.3 is 0 Å². The van der Waals surface area contributed by atoms with Crippen LogP contribution in [-0.2, 0) is 16.6 Å². The van der Waals surface area contributed by atoms with Crippen LogP contribution in [0.2, 0.25) is 0 Å². The van der Waals surface area contributed by atoms with E-state index < -0.39 is 10.0 Å². The smallest absolute Gasteiger partial charge is 0.252 e. The second-order valence-corrected chi connectivity index (χ2v) is 8.20. The van der Waals surface area contributed by atoms with Gasteiger partial charge in [0.05, 0.1) is 0 Å². The van der Waals surface area contributed by atoms with Crippen molar-refractivity contribution in [2.24, 2.45) is 5.92 Å². The number of sulfonamides is 1. The molecular weight excluding hydrogens is 280 g/mol. The summed E-state index contributed by atoms with van der Waals surface area (Å²) in [5.74, 6) is 0.293. The van der Waals surface area contributed by atoms with Gasteiger partial charge in [-0.25, -0.2) is 8.42 Å². The van der Waals surface area contributed by atoms with Crippen molar-refractivity contribution in [3.05, 3.63) is 17.0 Å². The molecule has 0 aliphatic rings. The fourth-order valence-corrected chi connectivity index (χ4v) is 4.52. The van der Waals surface area contributed by atoms with Crippen molar-refractivity contribution in [1.29, 1.82) is 0 Å². The third kappa shape index (κ3) is 4.02. The van der Waals surface area contributed by atoms with E-state index in [-0.39, 0.29) is 6.04 Å². The molecule has 4 nitrogen and oxygen atoms in total. The fourth-order valence-electron chi connectivity index (χ4n) is 1.63. The molecule has 1 atom stereocenters. The summed E-state index contributed by atoms with van der Waals surface area (Å²) in [5.41, 5.74) is 1.02. The first-order valence-electron chi connectivity index (χ1n) is 6.56. The minimum Gasteiger partial charge on any atom is -0.313 e. The van der Waals surface area contributed by atoms with Crippen LogP contribution in [0.4, 0.5) is 0 Å². The van der Waals surface area contributed by atoms with Gasteiger partial charge in [-0.2, -0.15) is 4.31 Å². The molecule has 0 spiro atoms. The van der Waals surface area contributed by atoms with Crippen molar-refractivity contribution in [2.45, 2.75) is 44.5 Å². The minimum atomic E-state index is -3.36. The van der Waals surface area contributed by atoms with Gasteiger partial charge in [0.25, 0.3) is 10.0 Å². The molecule has 0 amide bonds. The molecule has 1 aromatic heterocycles. The van der Waals surface area contributed by atoms with E-state index in [0.717, 1.165) is 12.1 Å². The fraction of sp³-hybridized carbons (Fsp3) is 0.692. The first kappa shape index (κ1) is 16.6. The van der Waals surface area contributed by atoms with Crippen molar-refractivity contribution in [2.75, 3.05) is 13.6 Å². The molecular formula is C13H24N2O2S2. The first-order valence-corrected chi connectivity index (χ1v) is 8.88. The Morgan fingerprint density at radius 3 is 2.53 bits per heavy atom. The normalized spacial score (nSPS) is 14.3.